The number of imidazole rings is 2. The molecule has 4 heterocycles. The second-order valence-corrected chi connectivity index (χ2v) is 7.05. The van der Waals surface area contributed by atoms with Gasteiger partial charge in [-0.15, -0.1) is 0 Å². The average molecular weight is 408 g/mol. The van der Waals surface area contributed by atoms with E-state index in [9.17, 15) is 4.79 Å². The van der Waals surface area contributed by atoms with Crippen LogP contribution in [0.1, 0.15) is 16.8 Å². The van der Waals surface area contributed by atoms with Crippen LogP contribution in [-0.4, -0.2) is 24.6 Å². The first kappa shape index (κ1) is 19.9. The van der Waals surface area contributed by atoms with Gasteiger partial charge in [0.25, 0.3) is 0 Å². The van der Waals surface area contributed by atoms with Crippen LogP contribution in [0.5, 0.6) is 0 Å². The zero-order valence-corrected chi connectivity index (χ0v) is 16.7. The molecule has 0 aliphatic heterocycles. The van der Waals surface area contributed by atoms with Gasteiger partial charge >= 0.3 is 0 Å². The fourth-order valence-electron chi connectivity index (χ4n) is 3.31. The molecule has 5 aromatic rings. The molecule has 0 aliphatic carbocycles. The van der Waals surface area contributed by atoms with Crippen molar-refractivity contribution in [1.29, 1.82) is 5.26 Å². The minimum Gasteiger partial charge on any atom is -0.385 e. The van der Waals surface area contributed by atoms with Crippen molar-refractivity contribution in [3.63, 3.8) is 0 Å². The van der Waals surface area contributed by atoms with Crippen LogP contribution in [0.3, 0.4) is 0 Å². The van der Waals surface area contributed by atoms with Gasteiger partial charge in [-0.1, -0.05) is 24.3 Å². The van der Waals surface area contributed by atoms with Crippen molar-refractivity contribution < 1.29 is 4.79 Å². The number of nitrogens with two attached hydrogens (primary N) is 1. The smallest absolute Gasteiger partial charge is 0.143 e. The Morgan fingerprint density at radius 2 is 1.52 bits per heavy atom. The molecular formula is C24H20N6O. The number of benzene rings is 1. The maximum Gasteiger partial charge on any atom is 0.143 e. The molecule has 5 rings (SSSR count). The monoisotopic (exact) mass is 408 g/mol. The topological polar surface area (TPSA) is 101 Å². The summed E-state index contributed by atoms with van der Waals surface area (Å²) in [5.74, 6) is 0.857. The van der Waals surface area contributed by atoms with Crippen LogP contribution >= 0.6 is 0 Å². The van der Waals surface area contributed by atoms with E-state index >= 15 is 0 Å². The average Bonchev–Trinajstić information content (AvgIpc) is 3.45. The highest BCUT2D eigenvalue weighted by Crippen LogP contribution is 2.11. The molecule has 4 aromatic heterocycles. The van der Waals surface area contributed by atoms with E-state index < -0.39 is 0 Å². The Hall–Kier alpha value is -4.44. The van der Waals surface area contributed by atoms with E-state index in [1.807, 2.05) is 57.3 Å². The summed E-state index contributed by atoms with van der Waals surface area (Å²) < 4.78 is 3.76. The lowest BCUT2D eigenvalue weighted by atomic mass is 10.0. The van der Waals surface area contributed by atoms with E-state index in [1.165, 1.54) is 0 Å². The third kappa shape index (κ3) is 4.60. The number of rotatable bonds is 4. The number of aromatic nitrogens is 4. The molecule has 0 spiro atoms. The van der Waals surface area contributed by atoms with Crippen LogP contribution in [0, 0.1) is 11.3 Å². The Morgan fingerprint density at radius 1 is 0.871 bits per heavy atom. The highest BCUT2D eigenvalue weighted by atomic mass is 16.1. The number of nitriles is 1. The van der Waals surface area contributed by atoms with Gasteiger partial charge in [0.05, 0.1) is 41.4 Å². The number of anilines is 1. The molecule has 0 atom stereocenters. The van der Waals surface area contributed by atoms with E-state index in [2.05, 4.69) is 16.0 Å². The van der Waals surface area contributed by atoms with Crippen LogP contribution in [-0.2, 0) is 17.6 Å². The van der Waals surface area contributed by atoms with E-state index in [0.29, 0.717) is 18.4 Å². The number of ketones is 1. The maximum absolute atomic E-state index is 12.2. The number of pyridine rings is 2. The summed E-state index contributed by atoms with van der Waals surface area (Å²) in [5.41, 5.74) is 10.1. The molecule has 7 heteroatoms. The first-order valence-corrected chi connectivity index (χ1v) is 9.71. The molecule has 0 fully saturated rings. The highest BCUT2D eigenvalue weighted by molar-refractivity contribution is 5.83. The van der Waals surface area contributed by atoms with Crippen LogP contribution < -0.4 is 5.73 Å². The first-order chi connectivity index (χ1) is 15.1. The third-order valence-electron chi connectivity index (χ3n) is 4.87. The van der Waals surface area contributed by atoms with Gasteiger partial charge in [0.1, 0.15) is 17.9 Å². The van der Waals surface area contributed by atoms with E-state index in [-0.39, 0.29) is 5.78 Å². The van der Waals surface area contributed by atoms with Crippen molar-refractivity contribution >= 4 is 22.6 Å². The number of hydrogen-bond acceptors (Lipinski definition) is 5. The van der Waals surface area contributed by atoms with Gasteiger partial charge in [0.15, 0.2) is 0 Å². The van der Waals surface area contributed by atoms with Crippen LogP contribution in [0.25, 0.3) is 11.0 Å². The van der Waals surface area contributed by atoms with Gasteiger partial charge in [0, 0.05) is 18.5 Å². The Kier molecular flexibility index (Phi) is 5.72. The lowest BCUT2D eigenvalue weighted by Gasteiger charge is -2.05. The van der Waals surface area contributed by atoms with E-state index in [1.54, 1.807) is 37.2 Å². The van der Waals surface area contributed by atoms with E-state index in [4.69, 9.17) is 11.0 Å². The summed E-state index contributed by atoms with van der Waals surface area (Å²) in [6.45, 7) is 0. The Balaban J connectivity index is 0.000000192. The molecule has 0 unspecified atom stereocenters. The molecular weight excluding hydrogens is 388 g/mol. The number of carbonyl (C=O) groups is 1. The van der Waals surface area contributed by atoms with Crippen molar-refractivity contribution in [2.45, 2.75) is 12.8 Å². The molecule has 152 valence electrons. The number of nitrogens with zero attached hydrogens (tertiary/aromatic N) is 5. The number of fused-ring (bicyclic) bond motifs is 2. The predicted molar refractivity (Wildman–Crippen MR) is 118 cm³/mol. The largest absolute Gasteiger partial charge is 0.385 e. The Morgan fingerprint density at radius 3 is 2.19 bits per heavy atom. The van der Waals surface area contributed by atoms with Crippen molar-refractivity contribution in [3.05, 3.63) is 103 Å². The fraction of sp³-hybridized carbons (Fsp3) is 0.0833. The predicted octanol–water partition coefficient (Wildman–Crippen LogP) is 3.48. The number of hydrogen-bond donors (Lipinski definition) is 1. The Bertz CT molecular complexity index is 1370. The Labute approximate surface area is 179 Å². The number of nitrogen functional groups attached to an aromatic ring is 1. The summed E-state index contributed by atoms with van der Waals surface area (Å²) in [5, 5.41) is 8.76. The van der Waals surface area contributed by atoms with Gasteiger partial charge in [-0.2, -0.15) is 5.26 Å². The molecule has 0 radical (unpaired) electrons. The van der Waals surface area contributed by atoms with Crippen molar-refractivity contribution in [2.75, 3.05) is 5.73 Å². The number of Topliss-reactive ketones (excluding diaryl/α,β-unsaturated/α-hetero) is 1. The molecule has 0 saturated heterocycles. The van der Waals surface area contributed by atoms with Crippen molar-refractivity contribution in [1.82, 2.24) is 18.8 Å². The molecule has 0 bridgehead atoms. The second kappa shape index (κ2) is 8.93. The van der Waals surface area contributed by atoms with Gasteiger partial charge in [0.2, 0.25) is 0 Å². The quantitative estimate of drug-likeness (QED) is 0.491. The second-order valence-electron chi connectivity index (χ2n) is 7.05. The SMILES string of the molecule is N#Cc1ccc(CC(=O)Cc2cccc3cncn23)cc1.Nc1cccc2cncn12. The summed E-state index contributed by atoms with van der Waals surface area (Å²) in [6.07, 6.45) is 7.71. The molecule has 0 saturated carbocycles. The van der Waals surface area contributed by atoms with Crippen LogP contribution in [0.2, 0.25) is 0 Å². The van der Waals surface area contributed by atoms with Gasteiger partial charge in [-0.3, -0.25) is 9.20 Å². The van der Waals surface area contributed by atoms with Crippen molar-refractivity contribution in [2.24, 2.45) is 0 Å². The van der Waals surface area contributed by atoms with Crippen molar-refractivity contribution in [3.8, 4) is 6.07 Å². The minimum atomic E-state index is 0.140. The summed E-state index contributed by atoms with van der Waals surface area (Å²) in [4.78, 5) is 20.2. The molecule has 2 N–H and O–H groups in total. The minimum absolute atomic E-state index is 0.140. The molecule has 0 aliphatic rings. The zero-order valence-electron chi connectivity index (χ0n) is 16.7. The lowest BCUT2D eigenvalue weighted by Crippen LogP contribution is -2.09. The van der Waals surface area contributed by atoms with Crippen LogP contribution in [0.15, 0.2) is 85.7 Å². The maximum atomic E-state index is 12.2. The summed E-state index contributed by atoms with van der Waals surface area (Å²) in [6, 6.07) is 20.7. The lowest BCUT2D eigenvalue weighted by molar-refractivity contribution is -0.117. The first-order valence-electron chi connectivity index (χ1n) is 9.71. The fourth-order valence-corrected chi connectivity index (χ4v) is 3.31. The molecule has 31 heavy (non-hydrogen) atoms. The van der Waals surface area contributed by atoms with Gasteiger partial charge in [-0.05, 0) is 42.0 Å². The third-order valence-corrected chi connectivity index (χ3v) is 4.87. The van der Waals surface area contributed by atoms with E-state index in [0.717, 1.165) is 28.1 Å². The van der Waals surface area contributed by atoms with Gasteiger partial charge in [-0.25, -0.2) is 9.97 Å². The molecule has 1 aromatic carbocycles. The molecule has 0 amide bonds. The standard InChI is InChI=1S/C17H13N3O.C7H7N3/c18-10-14-6-4-13(5-7-14)8-17(21)9-15-2-1-3-16-11-19-12-20(15)16;8-7-3-1-2-6-4-9-5-10(6)7/h1-7,11-12H,8-9H2;1-5H,8H2. The molecule has 7 nitrogen and oxygen atoms in total. The summed E-state index contributed by atoms with van der Waals surface area (Å²) in [7, 11) is 0. The normalized spacial score (nSPS) is 10.4. The summed E-state index contributed by atoms with van der Waals surface area (Å²) >= 11 is 0. The zero-order chi connectivity index (χ0) is 21.6. The number of carbonyl (C=O) groups excluding carboxylic acids is 1. The van der Waals surface area contributed by atoms with Gasteiger partial charge < -0.3 is 10.1 Å². The highest BCUT2D eigenvalue weighted by Gasteiger charge is 2.08. The van der Waals surface area contributed by atoms with Crippen LogP contribution in [0.4, 0.5) is 5.82 Å².